The highest BCUT2D eigenvalue weighted by atomic mass is 32.1. The molecule has 5 nitrogen and oxygen atoms in total. The minimum absolute atomic E-state index is 0.102. The number of nitrogens with one attached hydrogen (secondary N) is 2. The number of aromatic nitrogens is 1. The smallest absolute Gasteiger partial charge is 0.252 e. The summed E-state index contributed by atoms with van der Waals surface area (Å²) in [6.07, 6.45) is 4.64. The molecular formula is C13H19N3O2S. The van der Waals surface area contributed by atoms with Crippen molar-refractivity contribution in [2.75, 3.05) is 25.0 Å². The second kappa shape index (κ2) is 5.98. The maximum atomic E-state index is 11.8. The number of carbonyl (C=O) groups excluding carboxylic acids is 1. The van der Waals surface area contributed by atoms with Crippen LogP contribution in [0.25, 0.3) is 0 Å². The van der Waals surface area contributed by atoms with E-state index in [1.807, 2.05) is 5.38 Å². The maximum Gasteiger partial charge on any atom is 0.252 e. The van der Waals surface area contributed by atoms with Gasteiger partial charge in [-0.2, -0.15) is 0 Å². The first kappa shape index (κ1) is 13.0. The Hall–Kier alpha value is -0.980. The number of rotatable bonds is 5. The van der Waals surface area contributed by atoms with E-state index in [9.17, 15) is 4.79 Å². The SMILES string of the molecule is O=C(COC1CCNCC1)Nc1nc(C2CC2)cs1. The minimum atomic E-state index is -0.102. The van der Waals surface area contributed by atoms with E-state index >= 15 is 0 Å². The van der Waals surface area contributed by atoms with Crippen molar-refractivity contribution in [2.24, 2.45) is 0 Å². The first-order valence-electron chi connectivity index (χ1n) is 6.89. The van der Waals surface area contributed by atoms with Crippen LogP contribution in [0.15, 0.2) is 5.38 Å². The Morgan fingerprint density at radius 2 is 2.21 bits per heavy atom. The molecule has 2 N–H and O–H groups in total. The Morgan fingerprint density at radius 1 is 1.42 bits per heavy atom. The Labute approximate surface area is 116 Å². The molecule has 19 heavy (non-hydrogen) atoms. The van der Waals surface area contributed by atoms with Crippen LogP contribution in [-0.2, 0) is 9.53 Å². The van der Waals surface area contributed by atoms with Crippen molar-refractivity contribution < 1.29 is 9.53 Å². The van der Waals surface area contributed by atoms with Crippen molar-refractivity contribution in [3.8, 4) is 0 Å². The molecule has 1 aromatic heterocycles. The minimum Gasteiger partial charge on any atom is -0.368 e. The van der Waals surface area contributed by atoms with Gasteiger partial charge in [0.25, 0.3) is 5.91 Å². The number of amides is 1. The van der Waals surface area contributed by atoms with Gasteiger partial charge in [-0.1, -0.05) is 0 Å². The summed E-state index contributed by atoms with van der Waals surface area (Å²) in [5, 5.41) is 8.82. The molecule has 0 bridgehead atoms. The number of carbonyl (C=O) groups is 1. The van der Waals surface area contributed by atoms with Gasteiger partial charge in [-0.3, -0.25) is 10.1 Å². The van der Waals surface area contributed by atoms with Crippen LogP contribution in [0.4, 0.5) is 5.13 Å². The third-order valence-electron chi connectivity index (χ3n) is 3.50. The molecule has 3 rings (SSSR count). The summed E-state index contributed by atoms with van der Waals surface area (Å²) in [5.74, 6) is 0.531. The highest BCUT2D eigenvalue weighted by molar-refractivity contribution is 7.13. The molecule has 1 aliphatic carbocycles. The Morgan fingerprint density at radius 3 is 2.95 bits per heavy atom. The Balaban J connectivity index is 1.42. The van der Waals surface area contributed by atoms with Crippen molar-refractivity contribution in [3.63, 3.8) is 0 Å². The van der Waals surface area contributed by atoms with E-state index in [4.69, 9.17) is 4.74 Å². The summed E-state index contributed by atoms with van der Waals surface area (Å²) < 4.78 is 5.61. The fraction of sp³-hybridized carbons (Fsp3) is 0.692. The van der Waals surface area contributed by atoms with Crippen LogP contribution in [0.3, 0.4) is 0 Å². The van der Waals surface area contributed by atoms with E-state index in [0.29, 0.717) is 11.0 Å². The van der Waals surface area contributed by atoms with Crippen molar-refractivity contribution >= 4 is 22.4 Å². The van der Waals surface area contributed by atoms with Gasteiger partial charge < -0.3 is 10.1 Å². The molecule has 2 aliphatic rings. The lowest BCUT2D eigenvalue weighted by molar-refractivity contribution is -0.123. The highest BCUT2D eigenvalue weighted by Crippen LogP contribution is 2.40. The normalized spacial score (nSPS) is 20.4. The molecule has 2 heterocycles. The molecule has 0 unspecified atom stereocenters. The largest absolute Gasteiger partial charge is 0.368 e. The Bertz CT molecular complexity index is 439. The number of hydrogen-bond acceptors (Lipinski definition) is 5. The lowest BCUT2D eigenvalue weighted by Gasteiger charge is -2.22. The van der Waals surface area contributed by atoms with Crippen LogP contribution in [-0.4, -0.2) is 36.7 Å². The first-order chi connectivity index (χ1) is 9.31. The lowest BCUT2D eigenvalue weighted by atomic mass is 10.1. The maximum absolute atomic E-state index is 11.8. The predicted octanol–water partition coefficient (Wildman–Crippen LogP) is 1.73. The third kappa shape index (κ3) is 3.75. The molecule has 1 saturated carbocycles. The fourth-order valence-corrected chi connectivity index (χ4v) is 3.03. The van der Waals surface area contributed by atoms with Crippen LogP contribution >= 0.6 is 11.3 Å². The van der Waals surface area contributed by atoms with Crippen molar-refractivity contribution in [1.29, 1.82) is 0 Å². The molecule has 0 atom stereocenters. The molecule has 6 heteroatoms. The molecule has 0 radical (unpaired) electrons. The molecular weight excluding hydrogens is 262 g/mol. The number of thiazole rings is 1. The summed E-state index contributed by atoms with van der Waals surface area (Å²) in [7, 11) is 0. The van der Waals surface area contributed by atoms with Gasteiger partial charge in [-0.25, -0.2) is 4.98 Å². The van der Waals surface area contributed by atoms with Crippen LogP contribution in [0.5, 0.6) is 0 Å². The molecule has 1 saturated heterocycles. The molecule has 0 aromatic carbocycles. The van der Waals surface area contributed by atoms with Crippen LogP contribution in [0.2, 0.25) is 0 Å². The summed E-state index contributed by atoms with van der Waals surface area (Å²) in [6.45, 7) is 2.08. The highest BCUT2D eigenvalue weighted by Gasteiger charge is 2.26. The van der Waals surface area contributed by atoms with E-state index in [1.54, 1.807) is 0 Å². The van der Waals surface area contributed by atoms with Crippen LogP contribution in [0, 0.1) is 0 Å². The van der Waals surface area contributed by atoms with E-state index < -0.39 is 0 Å². The van der Waals surface area contributed by atoms with E-state index in [2.05, 4.69) is 15.6 Å². The average Bonchev–Trinajstić information content (AvgIpc) is 3.19. The average molecular weight is 281 g/mol. The van der Waals surface area contributed by atoms with Gasteiger partial charge in [0.15, 0.2) is 5.13 Å². The second-order valence-corrected chi connectivity index (χ2v) is 6.02. The number of nitrogens with zero attached hydrogens (tertiary/aromatic N) is 1. The quantitative estimate of drug-likeness (QED) is 0.863. The molecule has 1 aromatic rings. The summed E-state index contributed by atoms with van der Waals surface area (Å²) in [5.41, 5.74) is 1.12. The van der Waals surface area contributed by atoms with Gasteiger partial charge >= 0.3 is 0 Å². The second-order valence-electron chi connectivity index (χ2n) is 5.16. The van der Waals surface area contributed by atoms with Crippen molar-refractivity contribution in [3.05, 3.63) is 11.1 Å². The standard InChI is InChI=1S/C13H19N3O2S/c17-12(7-18-10-3-5-14-6-4-10)16-13-15-11(8-19-13)9-1-2-9/h8-10,14H,1-7H2,(H,15,16,17). The number of hydrogen-bond donors (Lipinski definition) is 2. The molecule has 1 amide bonds. The van der Waals surface area contributed by atoms with Gasteiger partial charge in [0.1, 0.15) is 6.61 Å². The van der Waals surface area contributed by atoms with Crippen LogP contribution in [0.1, 0.15) is 37.3 Å². The van der Waals surface area contributed by atoms with Crippen molar-refractivity contribution in [2.45, 2.75) is 37.7 Å². The van der Waals surface area contributed by atoms with Gasteiger partial charge in [-0.05, 0) is 38.8 Å². The van der Waals surface area contributed by atoms with E-state index in [-0.39, 0.29) is 18.6 Å². The third-order valence-corrected chi connectivity index (χ3v) is 4.28. The monoisotopic (exact) mass is 281 g/mol. The van der Waals surface area contributed by atoms with Gasteiger partial charge in [0.2, 0.25) is 0 Å². The lowest BCUT2D eigenvalue weighted by Crippen LogP contribution is -2.34. The zero-order chi connectivity index (χ0) is 13.1. The van der Waals surface area contributed by atoms with Gasteiger partial charge in [0, 0.05) is 11.3 Å². The van der Waals surface area contributed by atoms with Gasteiger partial charge in [-0.15, -0.1) is 11.3 Å². The zero-order valence-electron chi connectivity index (χ0n) is 10.9. The van der Waals surface area contributed by atoms with Crippen molar-refractivity contribution in [1.82, 2.24) is 10.3 Å². The number of ether oxygens (including phenoxy) is 1. The van der Waals surface area contributed by atoms with Gasteiger partial charge in [0.05, 0.1) is 11.8 Å². The van der Waals surface area contributed by atoms with Crippen LogP contribution < -0.4 is 10.6 Å². The predicted molar refractivity (Wildman–Crippen MR) is 74.6 cm³/mol. The van der Waals surface area contributed by atoms with E-state index in [0.717, 1.165) is 31.6 Å². The molecule has 1 aliphatic heterocycles. The number of piperidine rings is 1. The topological polar surface area (TPSA) is 63.2 Å². The fourth-order valence-electron chi connectivity index (χ4n) is 2.22. The molecule has 2 fully saturated rings. The summed E-state index contributed by atoms with van der Waals surface area (Å²) >= 11 is 1.50. The first-order valence-corrected chi connectivity index (χ1v) is 7.77. The van der Waals surface area contributed by atoms with E-state index in [1.165, 1.54) is 24.2 Å². The molecule has 104 valence electrons. The zero-order valence-corrected chi connectivity index (χ0v) is 11.7. The Kier molecular flexibility index (Phi) is 4.10. The summed E-state index contributed by atoms with van der Waals surface area (Å²) in [4.78, 5) is 16.2. The molecule has 0 spiro atoms. The summed E-state index contributed by atoms with van der Waals surface area (Å²) in [6, 6.07) is 0. The number of anilines is 1.